The molecule has 0 spiro atoms. The van der Waals surface area contributed by atoms with E-state index in [-0.39, 0.29) is 25.5 Å². The largest absolute Gasteiger partial charge is 0.396 e. The number of rotatable bonds is 7. The van der Waals surface area contributed by atoms with Gasteiger partial charge in [-0.3, -0.25) is 4.79 Å². The zero-order valence-corrected chi connectivity index (χ0v) is 9.78. The van der Waals surface area contributed by atoms with Gasteiger partial charge in [0.25, 0.3) is 6.43 Å². The Morgan fingerprint density at radius 2 is 2.29 bits per heavy atom. The van der Waals surface area contributed by atoms with E-state index >= 15 is 0 Å². The highest BCUT2D eigenvalue weighted by molar-refractivity contribution is 5.76. The number of nitrogens with zero attached hydrogens (tertiary/aromatic N) is 1. The van der Waals surface area contributed by atoms with Gasteiger partial charge in [0, 0.05) is 19.7 Å². The maximum atomic E-state index is 11.8. The summed E-state index contributed by atoms with van der Waals surface area (Å²) in [5, 5.41) is 8.78. The summed E-state index contributed by atoms with van der Waals surface area (Å²) in [7, 11) is 0. The Balaban J connectivity index is 2.12. The number of hydrogen-bond acceptors (Lipinski definition) is 3. The first-order valence-corrected chi connectivity index (χ1v) is 5.88. The van der Waals surface area contributed by atoms with E-state index in [9.17, 15) is 13.6 Å². The summed E-state index contributed by atoms with van der Waals surface area (Å²) < 4.78 is 28.2. The van der Waals surface area contributed by atoms with Crippen LogP contribution in [0.4, 0.5) is 8.78 Å². The van der Waals surface area contributed by atoms with Gasteiger partial charge in [-0.1, -0.05) is 0 Å². The zero-order valence-electron chi connectivity index (χ0n) is 9.78. The minimum absolute atomic E-state index is 0.0460. The highest BCUT2D eigenvalue weighted by Crippen LogP contribution is 2.19. The van der Waals surface area contributed by atoms with Gasteiger partial charge in [-0.15, -0.1) is 0 Å². The quantitative estimate of drug-likeness (QED) is 0.684. The third-order valence-corrected chi connectivity index (χ3v) is 2.88. The first-order chi connectivity index (χ1) is 8.13. The van der Waals surface area contributed by atoms with Crippen molar-refractivity contribution in [3.8, 4) is 0 Å². The lowest BCUT2D eigenvalue weighted by atomic mass is 10.1. The second-order valence-corrected chi connectivity index (χ2v) is 4.22. The van der Waals surface area contributed by atoms with Gasteiger partial charge in [-0.25, -0.2) is 8.78 Å². The molecule has 0 saturated carbocycles. The third kappa shape index (κ3) is 5.41. The Morgan fingerprint density at radius 3 is 2.94 bits per heavy atom. The second kappa shape index (κ2) is 7.55. The molecule has 0 bridgehead atoms. The van der Waals surface area contributed by atoms with E-state index in [2.05, 4.69) is 4.74 Å². The zero-order chi connectivity index (χ0) is 12.7. The van der Waals surface area contributed by atoms with Crippen LogP contribution in [0.1, 0.15) is 19.3 Å². The molecule has 1 unspecified atom stereocenters. The van der Waals surface area contributed by atoms with Crippen LogP contribution >= 0.6 is 0 Å². The number of likely N-dealkylation sites (tertiary alicyclic amines) is 1. The molecule has 0 aromatic heterocycles. The van der Waals surface area contributed by atoms with Gasteiger partial charge in [0.1, 0.15) is 6.61 Å². The molecule has 0 aromatic rings. The van der Waals surface area contributed by atoms with Crippen molar-refractivity contribution in [2.24, 2.45) is 5.92 Å². The van der Waals surface area contributed by atoms with Gasteiger partial charge in [0.2, 0.25) is 5.91 Å². The molecule has 1 heterocycles. The molecule has 1 N–H and O–H groups in total. The first-order valence-electron chi connectivity index (χ1n) is 5.88. The van der Waals surface area contributed by atoms with Crippen LogP contribution in [-0.2, 0) is 9.53 Å². The number of halogens is 2. The number of aliphatic hydroxyl groups is 1. The number of carbonyl (C=O) groups excluding carboxylic acids is 1. The SMILES string of the molecule is O=C(CCOCC(F)F)N1CCC(CCO)C1. The van der Waals surface area contributed by atoms with E-state index < -0.39 is 13.0 Å². The summed E-state index contributed by atoms with van der Waals surface area (Å²) >= 11 is 0. The molecule has 1 fully saturated rings. The van der Waals surface area contributed by atoms with Gasteiger partial charge in [-0.05, 0) is 18.8 Å². The molecule has 1 atom stereocenters. The Kier molecular flexibility index (Phi) is 6.36. The lowest BCUT2D eigenvalue weighted by molar-refractivity contribution is -0.131. The number of amides is 1. The number of aliphatic hydroxyl groups excluding tert-OH is 1. The fraction of sp³-hybridized carbons (Fsp3) is 0.909. The molecular formula is C11H19F2NO3. The van der Waals surface area contributed by atoms with Crippen LogP contribution in [0.3, 0.4) is 0 Å². The smallest absolute Gasteiger partial charge is 0.261 e. The van der Waals surface area contributed by atoms with Gasteiger partial charge in [0.15, 0.2) is 0 Å². The molecule has 1 rings (SSSR count). The van der Waals surface area contributed by atoms with Crippen LogP contribution in [0.5, 0.6) is 0 Å². The van der Waals surface area contributed by atoms with Crippen molar-refractivity contribution in [1.82, 2.24) is 4.90 Å². The van der Waals surface area contributed by atoms with Gasteiger partial charge in [0.05, 0.1) is 13.0 Å². The maximum Gasteiger partial charge on any atom is 0.261 e. The van der Waals surface area contributed by atoms with E-state index in [4.69, 9.17) is 5.11 Å². The molecule has 0 aromatic carbocycles. The molecule has 100 valence electrons. The summed E-state index contributed by atoms with van der Waals surface area (Å²) in [6, 6.07) is 0. The van der Waals surface area contributed by atoms with Crippen LogP contribution < -0.4 is 0 Å². The topological polar surface area (TPSA) is 49.8 Å². The van der Waals surface area contributed by atoms with Crippen LogP contribution in [-0.4, -0.2) is 55.2 Å². The highest BCUT2D eigenvalue weighted by Gasteiger charge is 2.25. The highest BCUT2D eigenvalue weighted by atomic mass is 19.3. The van der Waals surface area contributed by atoms with E-state index in [1.54, 1.807) is 4.90 Å². The molecule has 1 aliphatic heterocycles. The molecule has 1 amide bonds. The van der Waals surface area contributed by atoms with Crippen LogP contribution in [0.15, 0.2) is 0 Å². The molecule has 0 aliphatic carbocycles. The summed E-state index contributed by atoms with van der Waals surface area (Å²) in [5.41, 5.74) is 0. The average molecular weight is 251 g/mol. The Hall–Kier alpha value is -0.750. The fourth-order valence-electron chi connectivity index (χ4n) is 1.97. The minimum atomic E-state index is -2.48. The lowest BCUT2D eigenvalue weighted by Gasteiger charge is -2.16. The van der Waals surface area contributed by atoms with E-state index in [1.807, 2.05) is 0 Å². The average Bonchev–Trinajstić information content (AvgIpc) is 2.73. The van der Waals surface area contributed by atoms with Gasteiger partial charge >= 0.3 is 0 Å². The molecule has 1 saturated heterocycles. The van der Waals surface area contributed by atoms with E-state index in [0.717, 1.165) is 6.42 Å². The van der Waals surface area contributed by atoms with Crippen molar-refractivity contribution >= 4 is 5.91 Å². The molecule has 1 aliphatic rings. The van der Waals surface area contributed by atoms with Crippen molar-refractivity contribution < 1.29 is 23.4 Å². The Labute approximate surface area is 99.5 Å². The molecule has 17 heavy (non-hydrogen) atoms. The summed E-state index contributed by atoms with van der Waals surface area (Å²) in [5.74, 6) is 0.311. The number of carbonyl (C=O) groups is 1. The van der Waals surface area contributed by atoms with Crippen LogP contribution in [0, 0.1) is 5.92 Å². The van der Waals surface area contributed by atoms with Crippen molar-refractivity contribution in [3.63, 3.8) is 0 Å². The van der Waals surface area contributed by atoms with Crippen LogP contribution in [0.2, 0.25) is 0 Å². The van der Waals surface area contributed by atoms with Crippen molar-refractivity contribution in [2.75, 3.05) is 32.9 Å². The monoisotopic (exact) mass is 251 g/mol. The van der Waals surface area contributed by atoms with Crippen LogP contribution in [0.25, 0.3) is 0 Å². The standard InChI is InChI=1S/C11H19F2NO3/c12-10(13)8-17-6-3-11(16)14-4-1-9(7-14)2-5-15/h9-10,15H,1-8H2. The molecule has 0 radical (unpaired) electrons. The van der Waals surface area contributed by atoms with Gasteiger partial charge < -0.3 is 14.7 Å². The fourth-order valence-corrected chi connectivity index (χ4v) is 1.97. The number of hydrogen-bond donors (Lipinski definition) is 1. The van der Waals surface area contributed by atoms with Crippen molar-refractivity contribution in [2.45, 2.75) is 25.7 Å². The summed E-state index contributed by atoms with van der Waals surface area (Å²) in [4.78, 5) is 13.4. The Bertz CT molecular complexity index is 239. The van der Waals surface area contributed by atoms with Gasteiger partial charge in [-0.2, -0.15) is 0 Å². The first kappa shape index (κ1) is 14.3. The minimum Gasteiger partial charge on any atom is -0.396 e. The van der Waals surface area contributed by atoms with Crippen molar-refractivity contribution in [3.05, 3.63) is 0 Å². The summed E-state index contributed by atoms with van der Waals surface area (Å²) in [6.07, 6.45) is -0.708. The molecule has 6 heteroatoms. The number of ether oxygens (including phenoxy) is 1. The summed E-state index contributed by atoms with van der Waals surface area (Å²) in [6.45, 7) is 0.932. The van der Waals surface area contributed by atoms with E-state index in [0.29, 0.717) is 25.4 Å². The molecular weight excluding hydrogens is 232 g/mol. The third-order valence-electron chi connectivity index (χ3n) is 2.88. The molecule has 4 nitrogen and oxygen atoms in total. The van der Waals surface area contributed by atoms with E-state index in [1.165, 1.54) is 0 Å². The second-order valence-electron chi connectivity index (χ2n) is 4.22. The lowest BCUT2D eigenvalue weighted by Crippen LogP contribution is -2.29. The normalized spacial score (nSPS) is 20.2. The number of alkyl halides is 2. The Morgan fingerprint density at radius 1 is 1.53 bits per heavy atom. The predicted molar refractivity (Wildman–Crippen MR) is 57.8 cm³/mol. The maximum absolute atomic E-state index is 11.8. The van der Waals surface area contributed by atoms with Crippen molar-refractivity contribution in [1.29, 1.82) is 0 Å². The predicted octanol–water partition coefficient (Wildman–Crippen LogP) is 0.889.